The molecule has 1 aromatic heterocycles. The molecule has 4 nitrogen and oxygen atoms in total. The molecule has 1 aromatic rings. The van der Waals surface area contributed by atoms with E-state index in [4.69, 9.17) is 11.1 Å². The zero-order valence-corrected chi connectivity index (χ0v) is 11.9. The molecule has 0 spiro atoms. The van der Waals surface area contributed by atoms with Gasteiger partial charge in [0.05, 0.1) is 16.6 Å². The quantitative estimate of drug-likeness (QED) is 0.355. The molecule has 0 bridgehead atoms. The highest BCUT2D eigenvalue weighted by molar-refractivity contribution is 7.99. The van der Waals surface area contributed by atoms with Crippen molar-refractivity contribution >= 4 is 17.6 Å². The predicted octanol–water partition coefficient (Wildman–Crippen LogP) is 2.56. The number of aryl methyl sites for hydroxylation is 2. The van der Waals surface area contributed by atoms with Crippen molar-refractivity contribution in [3.8, 4) is 0 Å². The minimum Gasteiger partial charge on any atom is -0.387 e. The second-order valence-electron chi connectivity index (χ2n) is 5.00. The zero-order valence-electron chi connectivity index (χ0n) is 11.1. The number of amidine groups is 1. The minimum absolute atomic E-state index is 0.178. The average molecular weight is 254 g/mol. The maximum absolute atomic E-state index is 7.49. The van der Waals surface area contributed by atoms with Crippen LogP contribution in [0.25, 0.3) is 0 Å². The van der Waals surface area contributed by atoms with Crippen LogP contribution in [-0.2, 0) is 7.05 Å². The standard InChI is InChI=1S/C12H22N4S/c1-9-8-10(16(4)15-9)17-7-5-6-12(2,3)11(13)14/h8H,5-7H2,1-4H3,(H3,13,14). The Morgan fingerprint density at radius 2 is 2.24 bits per heavy atom. The van der Waals surface area contributed by atoms with Gasteiger partial charge >= 0.3 is 0 Å². The summed E-state index contributed by atoms with van der Waals surface area (Å²) in [5, 5.41) is 13.0. The summed E-state index contributed by atoms with van der Waals surface area (Å²) in [4.78, 5) is 0. The summed E-state index contributed by atoms with van der Waals surface area (Å²) in [6, 6.07) is 2.10. The summed E-state index contributed by atoms with van der Waals surface area (Å²) in [6.07, 6.45) is 2.01. The van der Waals surface area contributed by atoms with Crippen LogP contribution in [0.3, 0.4) is 0 Å². The molecule has 1 heterocycles. The van der Waals surface area contributed by atoms with Crippen molar-refractivity contribution in [2.75, 3.05) is 5.75 Å². The number of aromatic nitrogens is 2. The zero-order chi connectivity index (χ0) is 13.1. The number of hydrogen-bond donors (Lipinski definition) is 2. The van der Waals surface area contributed by atoms with Gasteiger partial charge in [-0.1, -0.05) is 13.8 Å². The van der Waals surface area contributed by atoms with Crippen molar-refractivity contribution in [1.82, 2.24) is 9.78 Å². The third-order valence-corrected chi connectivity index (χ3v) is 4.05. The second-order valence-corrected chi connectivity index (χ2v) is 6.11. The summed E-state index contributed by atoms with van der Waals surface area (Å²) in [5.74, 6) is 1.31. The summed E-state index contributed by atoms with van der Waals surface area (Å²) < 4.78 is 1.91. The van der Waals surface area contributed by atoms with Crippen LogP contribution in [0.5, 0.6) is 0 Å². The van der Waals surface area contributed by atoms with Gasteiger partial charge < -0.3 is 5.73 Å². The number of rotatable bonds is 6. The molecule has 96 valence electrons. The third-order valence-electron chi connectivity index (χ3n) is 2.88. The van der Waals surface area contributed by atoms with Crippen LogP contribution >= 0.6 is 11.8 Å². The normalized spacial score (nSPS) is 11.8. The van der Waals surface area contributed by atoms with E-state index in [-0.39, 0.29) is 11.3 Å². The van der Waals surface area contributed by atoms with Gasteiger partial charge in [-0.05, 0) is 31.6 Å². The van der Waals surface area contributed by atoms with Crippen molar-refractivity contribution in [2.24, 2.45) is 18.2 Å². The highest BCUT2D eigenvalue weighted by Gasteiger charge is 2.20. The summed E-state index contributed by atoms with van der Waals surface area (Å²) in [7, 11) is 1.97. The summed E-state index contributed by atoms with van der Waals surface area (Å²) in [6.45, 7) is 6.05. The SMILES string of the molecule is Cc1cc(SCCCC(C)(C)C(=N)N)n(C)n1. The lowest BCUT2D eigenvalue weighted by Crippen LogP contribution is -2.30. The topological polar surface area (TPSA) is 67.7 Å². The van der Waals surface area contributed by atoms with E-state index in [9.17, 15) is 0 Å². The summed E-state index contributed by atoms with van der Waals surface area (Å²) in [5.41, 5.74) is 6.43. The summed E-state index contributed by atoms with van der Waals surface area (Å²) >= 11 is 1.81. The Labute approximate surface area is 107 Å². The van der Waals surface area contributed by atoms with E-state index >= 15 is 0 Å². The fraction of sp³-hybridized carbons (Fsp3) is 0.667. The van der Waals surface area contributed by atoms with Crippen LogP contribution in [0.15, 0.2) is 11.1 Å². The maximum Gasteiger partial charge on any atom is 0.0963 e. The van der Waals surface area contributed by atoms with Crippen molar-refractivity contribution in [3.63, 3.8) is 0 Å². The lowest BCUT2D eigenvalue weighted by molar-refractivity contribution is 0.464. The molecule has 5 heteroatoms. The molecule has 0 saturated heterocycles. The molecule has 3 N–H and O–H groups in total. The van der Waals surface area contributed by atoms with Gasteiger partial charge in [0.1, 0.15) is 0 Å². The van der Waals surface area contributed by atoms with Crippen LogP contribution < -0.4 is 5.73 Å². The molecule has 0 amide bonds. The Morgan fingerprint density at radius 3 is 2.71 bits per heavy atom. The molecule has 0 aliphatic rings. The van der Waals surface area contributed by atoms with Gasteiger partial charge in [0.2, 0.25) is 0 Å². The first kappa shape index (κ1) is 14.1. The minimum atomic E-state index is -0.178. The third kappa shape index (κ3) is 4.07. The Morgan fingerprint density at radius 1 is 1.59 bits per heavy atom. The number of hydrogen-bond acceptors (Lipinski definition) is 3. The van der Waals surface area contributed by atoms with Crippen molar-refractivity contribution in [1.29, 1.82) is 5.41 Å². The van der Waals surface area contributed by atoms with E-state index < -0.39 is 0 Å². The Kier molecular flexibility index (Phi) is 4.62. The van der Waals surface area contributed by atoms with E-state index in [1.807, 2.05) is 44.3 Å². The fourth-order valence-electron chi connectivity index (χ4n) is 1.55. The molecule has 17 heavy (non-hydrogen) atoms. The number of nitrogens with zero attached hydrogens (tertiary/aromatic N) is 2. The highest BCUT2D eigenvalue weighted by Crippen LogP contribution is 2.25. The molecule has 0 fully saturated rings. The van der Waals surface area contributed by atoms with Gasteiger partial charge in [0.25, 0.3) is 0 Å². The highest BCUT2D eigenvalue weighted by atomic mass is 32.2. The van der Waals surface area contributed by atoms with E-state index in [2.05, 4.69) is 11.2 Å². The Hall–Kier alpha value is -0.970. The smallest absolute Gasteiger partial charge is 0.0963 e. The molecule has 0 atom stereocenters. The van der Waals surface area contributed by atoms with Gasteiger partial charge in [-0.2, -0.15) is 5.10 Å². The first-order valence-corrected chi connectivity index (χ1v) is 6.79. The number of thioether (sulfide) groups is 1. The lowest BCUT2D eigenvalue weighted by Gasteiger charge is -2.22. The van der Waals surface area contributed by atoms with Gasteiger partial charge in [-0.25, -0.2) is 0 Å². The molecule has 0 radical (unpaired) electrons. The van der Waals surface area contributed by atoms with Crippen molar-refractivity contribution in [2.45, 2.75) is 38.6 Å². The molecule has 0 saturated carbocycles. The van der Waals surface area contributed by atoms with Gasteiger partial charge in [-0.3, -0.25) is 10.1 Å². The molecule has 0 aromatic carbocycles. The van der Waals surface area contributed by atoms with Crippen LogP contribution in [-0.4, -0.2) is 21.4 Å². The van der Waals surface area contributed by atoms with Crippen LogP contribution in [0.1, 0.15) is 32.4 Å². The lowest BCUT2D eigenvalue weighted by atomic mass is 9.87. The Balaban J connectivity index is 2.34. The first-order valence-electron chi connectivity index (χ1n) is 5.81. The monoisotopic (exact) mass is 254 g/mol. The fourth-order valence-corrected chi connectivity index (χ4v) is 2.53. The average Bonchev–Trinajstić information content (AvgIpc) is 2.52. The van der Waals surface area contributed by atoms with Gasteiger partial charge in [-0.15, -0.1) is 11.8 Å². The molecule has 0 aliphatic carbocycles. The Bertz CT molecular complexity index is 395. The largest absolute Gasteiger partial charge is 0.387 e. The van der Waals surface area contributed by atoms with Crippen LogP contribution in [0.4, 0.5) is 0 Å². The van der Waals surface area contributed by atoms with E-state index in [0.717, 1.165) is 24.3 Å². The number of nitrogens with one attached hydrogen (secondary N) is 1. The molecule has 0 unspecified atom stereocenters. The predicted molar refractivity (Wildman–Crippen MR) is 73.6 cm³/mol. The van der Waals surface area contributed by atoms with E-state index in [0.29, 0.717) is 0 Å². The molecular weight excluding hydrogens is 232 g/mol. The van der Waals surface area contributed by atoms with Gasteiger partial charge in [0, 0.05) is 12.5 Å². The molecule has 1 rings (SSSR count). The maximum atomic E-state index is 7.49. The second kappa shape index (κ2) is 5.58. The van der Waals surface area contributed by atoms with E-state index in [1.54, 1.807) is 0 Å². The van der Waals surface area contributed by atoms with Gasteiger partial charge in [0.15, 0.2) is 0 Å². The van der Waals surface area contributed by atoms with Crippen LogP contribution in [0.2, 0.25) is 0 Å². The van der Waals surface area contributed by atoms with Crippen molar-refractivity contribution in [3.05, 3.63) is 11.8 Å². The number of nitrogens with two attached hydrogens (primary N) is 1. The van der Waals surface area contributed by atoms with Crippen LogP contribution in [0, 0.1) is 17.7 Å². The first-order chi connectivity index (χ1) is 7.83. The molecular formula is C12H22N4S. The molecule has 0 aliphatic heterocycles. The van der Waals surface area contributed by atoms with Crippen molar-refractivity contribution < 1.29 is 0 Å². The van der Waals surface area contributed by atoms with E-state index in [1.165, 1.54) is 5.03 Å².